The molecular weight excluding hydrogens is 467 g/mol. The van der Waals surface area contributed by atoms with Gasteiger partial charge in [-0.05, 0) is 51.1 Å². The Balaban J connectivity index is 0.00000280. The highest BCUT2D eigenvalue weighted by atomic mass is 127. The molecule has 0 saturated carbocycles. The minimum Gasteiger partial charge on any atom is -0.494 e. The summed E-state index contributed by atoms with van der Waals surface area (Å²) in [6.07, 6.45) is 3.42. The fourth-order valence-electron chi connectivity index (χ4n) is 3.88. The molecule has 2 saturated heterocycles. The number of rotatable bonds is 7. The van der Waals surface area contributed by atoms with Gasteiger partial charge in [0.15, 0.2) is 5.96 Å². The number of aliphatic imine (C=N–C) groups is 1. The molecule has 1 spiro atoms. The van der Waals surface area contributed by atoms with Gasteiger partial charge >= 0.3 is 0 Å². The molecule has 1 atom stereocenters. The van der Waals surface area contributed by atoms with Gasteiger partial charge in [-0.25, -0.2) is 0 Å². The molecular formula is C21H35IN4O2. The molecule has 1 N–H and O–H groups in total. The summed E-state index contributed by atoms with van der Waals surface area (Å²) in [6, 6.07) is 8.35. The first kappa shape index (κ1) is 23.2. The van der Waals surface area contributed by atoms with Crippen LogP contribution in [0.2, 0.25) is 0 Å². The monoisotopic (exact) mass is 502 g/mol. The van der Waals surface area contributed by atoms with Crippen LogP contribution in [-0.2, 0) is 11.3 Å². The van der Waals surface area contributed by atoms with E-state index in [1.54, 1.807) is 0 Å². The maximum Gasteiger partial charge on any atom is 0.193 e. The molecule has 2 aliphatic heterocycles. The molecule has 0 aromatic heterocycles. The lowest BCUT2D eigenvalue weighted by Crippen LogP contribution is -2.41. The zero-order valence-corrected chi connectivity index (χ0v) is 19.8. The summed E-state index contributed by atoms with van der Waals surface area (Å²) < 4.78 is 11.4. The molecule has 2 aliphatic rings. The highest BCUT2D eigenvalue weighted by Crippen LogP contribution is 2.38. The molecule has 3 rings (SSSR count). The molecule has 0 bridgehead atoms. The Bertz CT molecular complexity index is 615. The van der Waals surface area contributed by atoms with Crippen molar-refractivity contribution in [2.24, 2.45) is 10.4 Å². The van der Waals surface area contributed by atoms with Crippen LogP contribution in [0, 0.1) is 5.41 Å². The van der Waals surface area contributed by atoms with Crippen molar-refractivity contribution in [3.63, 3.8) is 0 Å². The SMILES string of the molecule is CN=C(NCc1ccc(OCCCN(C)C)cc1)N1CCC2(CCOC2)C1.I. The number of hydrogen-bond acceptors (Lipinski definition) is 4. The molecule has 6 nitrogen and oxygen atoms in total. The van der Waals surface area contributed by atoms with Crippen LogP contribution in [0.5, 0.6) is 5.75 Å². The number of nitrogens with one attached hydrogen (secondary N) is 1. The fraction of sp³-hybridized carbons (Fsp3) is 0.667. The number of ether oxygens (including phenoxy) is 2. The van der Waals surface area contributed by atoms with E-state index in [2.05, 4.69) is 58.5 Å². The summed E-state index contributed by atoms with van der Waals surface area (Å²) in [5.74, 6) is 1.92. The van der Waals surface area contributed by atoms with Crippen molar-refractivity contribution in [2.45, 2.75) is 25.8 Å². The Hall–Kier alpha value is -1.06. The Morgan fingerprint density at radius 1 is 1.29 bits per heavy atom. The molecule has 28 heavy (non-hydrogen) atoms. The second-order valence-electron chi connectivity index (χ2n) is 8.02. The van der Waals surface area contributed by atoms with Gasteiger partial charge in [-0.1, -0.05) is 12.1 Å². The predicted molar refractivity (Wildman–Crippen MR) is 125 cm³/mol. The van der Waals surface area contributed by atoms with Crippen molar-refractivity contribution in [2.75, 3.05) is 60.6 Å². The van der Waals surface area contributed by atoms with Gasteiger partial charge in [-0.3, -0.25) is 4.99 Å². The van der Waals surface area contributed by atoms with E-state index in [-0.39, 0.29) is 24.0 Å². The molecule has 1 aromatic carbocycles. The van der Waals surface area contributed by atoms with E-state index in [1.165, 1.54) is 18.4 Å². The average molecular weight is 502 g/mol. The lowest BCUT2D eigenvalue weighted by atomic mass is 9.87. The number of likely N-dealkylation sites (tertiary alicyclic amines) is 1. The molecule has 0 amide bonds. The third-order valence-corrected chi connectivity index (χ3v) is 5.53. The summed E-state index contributed by atoms with van der Waals surface area (Å²) in [4.78, 5) is 9.03. The summed E-state index contributed by atoms with van der Waals surface area (Å²) in [7, 11) is 6.03. The van der Waals surface area contributed by atoms with Crippen LogP contribution in [0.3, 0.4) is 0 Å². The third kappa shape index (κ3) is 6.49. The fourth-order valence-corrected chi connectivity index (χ4v) is 3.88. The Kier molecular flexibility index (Phi) is 9.30. The second kappa shape index (κ2) is 11.2. The van der Waals surface area contributed by atoms with Gasteiger partial charge in [0.2, 0.25) is 0 Å². The van der Waals surface area contributed by atoms with Crippen molar-refractivity contribution in [1.82, 2.24) is 15.1 Å². The number of halogens is 1. The van der Waals surface area contributed by atoms with E-state index in [0.717, 1.165) is 64.1 Å². The number of guanidine groups is 1. The lowest BCUT2D eigenvalue weighted by Gasteiger charge is -2.25. The van der Waals surface area contributed by atoms with Crippen LogP contribution in [0.25, 0.3) is 0 Å². The van der Waals surface area contributed by atoms with Gasteiger partial charge < -0.3 is 24.6 Å². The number of nitrogens with zero attached hydrogens (tertiary/aromatic N) is 3. The van der Waals surface area contributed by atoms with Crippen LogP contribution in [0.1, 0.15) is 24.8 Å². The van der Waals surface area contributed by atoms with E-state index in [9.17, 15) is 0 Å². The minimum atomic E-state index is 0. The maximum absolute atomic E-state index is 5.80. The first-order valence-electron chi connectivity index (χ1n) is 10.0. The van der Waals surface area contributed by atoms with E-state index in [1.807, 2.05) is 7.05 Å². The van der Waals surface area contributed by atoms with E-state index < -0.39 is 0 Å². The van der Waals surface area contributed by atoms with Crippen molar-refractivity contribution in [1.29, 1.82) is 0 Å². The zero-order chi connectivity index (χ0) is 19.1. The molecule has 2 fully saturated rings. The molecule has 0 aliphatic carbocycles. The molecule has 7 heteroatoms. The zero-order valence-electron chi connectivity index (χ0n) is 17.4. The molecule has 1 aromatic rings. The smallest absolute Gasteiger partial charge is 0.193 e. The highest BCUT2D eigenvalue weighted by Gasteiger charge is 2.42. The first-order chi connectivity index (χ1) is 13.1. The van der Waals surface area contributed by atoms with Gasteiger partial charge in [-0.2, -0.15) is 0 Å². The van der Waals surface area contributed by atoms with Gasteiger partial charge in [0.05, 0.1) is 13.2 Å². The minimum absolute atomic E-state index is 0. The maximum atomic E-state index is 5.80. The number of benzene rings is 1. The van der Waals surface area contributed by atoms with Crippen molar-refractivity contribution in [3.8, 4) is 5.75 Å². The van der Waals surface area contributed by atoms with Crippen LogP contribution in [0.4, 0.5) is 0 Å². The molecule has 2 heterocycles. The Morgan fingerprint density at radius 3 is 2.71 bits per heavy atom. The Labute approximate surface area is 186 Å². The van der Waals surface area contributed by atoms with Crippen molar-refractivity contribution in [3.05, 3.63) is 29.8 Å². The lowest BCUT2D eigenvalue weighted by molar-refractivity contribution is 0.156. The van der Waals surface area contributed by atoms with E-state index in [4.69, 9.17) is 9.47 Å². The van der Waals surface area contributed by atoms with Gasteiger partial charge in [0.25, 0.3) is 0 Å². The van der Waals surface area contributed by atoms with Crippen molar-refractivity contribution < 1.29 is 9.47 Å². The van der Waals surface area contributed by atoms with Crippen LogP contribution < -0.4 is 10.1 Å². The standard InChI is InChI=1S/C21H34N4O2.HI/c1-22-20(25-12-9-21(16-25)10-14-26-17-21)23-15-18-5-7-19(8-6-18)27-13-4-11-24(2)3;/h5-8H,4,9-17H2,1-3H3,(H,22,23);1H. The van der Waals surface area contributed by atoms with Gasteiger partial charge in [-0.15, -0.1) is 24.0 Å². The van der Waals surface area contributed by atoms with E-state index in [0.29, 0.717) is 5.41 Å². The summed E-state index contributed by atoms with van der Waals surface area (Å²) in [5.41, 5.74) is 1.58. The first-order valence-corrected chi connectivity index (χ1v) is 10.0. The highest BCUT2D eigenvalue weighted by molar-refractivity contribution is 14.0. The molecule has 1 unspecified atom stereocenters. The number of hydrogen-bond donors (Lipinski definition) is 1. The normalized spacial score (nSPS) is 22.0. The van der Waals surface area contributed by atoms with Gasteiger partial charge in [0.1, 0.15) is 5.75 Å². The van der Waals surface area contributed by atoms with Crippen LogP contribution in [-0.4, -0.2) is 76.4 Å². The summed E-state index contributed by atoms with van der Waals surface area (Å²) in [5, 5.41) is 3.51. The molecule has 0 radical (unpaired) electrons. The predicted octanol–water partition coefficient (Wildman–Crippen LogP) is 2.82. The van der Waals surface area contributed by atoms with Crippen molar-refractivity contribution >= 4 is 29.9 Å². The summed E-state index contributed by atoms with van der Waals surface area (Å²) >= 11 is 0. The van der Waals surface area contributed by atoms with Gasteiger partial charge in [0, 0.05) is 45.2 Å². The average Bonchev–Trinajstić information content (AvgIpc) is 3.30. The topological polar surface area (TPSA) is 49.3 Å². The summed E-state index contributed by atoms with van der Waals surface area (Å²) in [6.45, 7) is 6.48. The quantitative estimate of drug-likeness (QED) is 0.269. The van der Waals surface area contributed by atoms with Crippen LogP contribution >= 0.6 is 24.0 Å². The third-order valence-electron chi connectivity index (χ3n) is 5.53. The largest absolute Gasteiger partial charge is 0.494 e. The Morgan fingerprint density at radius 2 is 2.07 bits per heavy atom. The van der Waals surface area contributed by atoms with Crippen LogP contribution in [0.15, 0.2) is 29.3 Å². The molecule has 158 valence electrons. The second-order valence-corrected chi connectivity index (χ2v) is 8.02. The van der Waals surface area contributed by atoms with E-state index >= 15 is 0 Å².